The number of amides is 1. The summed E-state index contributed by atoms with van der Waals surface area (Å²) in [7, 11) is 0. The molecule has 0 atom stereocenters. The molecule has 1 N–H and O–H groups in total. The lowest BCUT2D eigenvalue weighted by Gasteiger charge is -2.05. The summed E-state index contributed by atoms with van der Waals surface area (Å²) in [5.41, 5.74) is 1.60. The third-order valence-electron chi connectivity index (χ3n) is 1.94. The van der Waals surface area contributed by atoms with E-state index in [0.717, 1.165) is 5.56 Å². The molecule has 1 aromatic heterocycles. The maximum atomic E-state index is 11.6. The van der Waals surface area contributed by atoms with Crippen molar-refractivity contribution in [2.24, 2.45) is 0 Å². The van der Waals surface area contributed by atoms with Crippen LogP contribution in [0.2, 0.25) is 0 Å². The van der Waals surface area contributed by atoms with E-state index in [2.05, 4.69) is 21.2 Å². The van der Waals surface area contributed by atoms with Crippen LogP contribution in [0.5, 0.6) is 0 Å². The molecular formula is C10H12BrNO2S. The van der Waals surface area contributed by atoms with Gasteiger partial charge in [0.15, 0.2) is 5.78 Å². The van der Waals surface area contributed by atoms with Gasteiger partial charge in [-0.05, 0) is 17.9 Å². The van der Waals surface area contributed by atoms with E-state index < -0.39 is 0 Å². The minimum Gasteiger partial charge on any atom is -0.324 e. The zero-order valence-corrected chi connectivity index (χ0v) is 11.0. The van der Waals surface area contributed by atoms with Crippen LogP contribution in [0.4, 0.5) is 5.69 Å². The predicted octanol–water partition coefficient (Wildman–Crippen LogP) is 2.98. The molecule has 5 heteroatoms. The van der Waals surface area contributed by atoms with Crippen molar-refractivity contribution in [3.63, 3.8) is 0 Å². The van der Waals surface area contributed by atoms with Gasteiger partial charge in [-0.25, -0.2) is 0 Å². The van der Waals surface area contributed by atoms with Gasteiger partial charge in [0, 0.05) is 6.42 Å². The van der Waals surface area contributed by atoms with E-state index in [1.54, 1.807) is 0 Å². The van der Waals surface area contributed by atoms with E-state index in [1.165, 1.54) is 11.3 Å². The van der Waals surface area contributed by atoms with Crippen LogP contribution in [0.3, 0.4) is 0 Å². The molecule has 1 aromatic rings. The largest absolute Gasteiger partial charge is 0.324 e. The van der Waals surface area contributed by atoms with Gasteiger partial charge in [0.1, 0.15) is 0 Å². The summed E-state index contributed by atoms with van der Waals surface area (Å²) in [6, 6.07) is 0. The number of carbonyl (C=O) groups excluding carboxylic acids is 2. The molecule has 0 saturated carbocycles. The molecule has 1 rings (SSSR count). The fraction of sp³-hybridized carbons (Fsp3) is 0.400. The number of rotatable bonds is 4. The lowest BCUT2D eigenvalue weighted by molar-refractivity contribution is -0.113. The number of anilines is 1. The molecule has 0 aliphatic heterocycles. The van der Waals surface area contributed by atoms with Crippen molar-refractivity contribution < 1.29 is 9.59 Å². The van der Waals surface area contributed by atoms with Crippen LogP contribution < -0.4 is 5.32 Å². The van der Waals surface area contributed by atoms with E-state index in [9.17, 15) is 9.59 Å². The highest BCUT2D eigenvalue weighted by molar-refractivity contribution is 9.09. The standard InChI is InChI=1S/C10H12BrNO2S/c1-3-7(13)10-9(6(2)5-15-10)12-8(14)4-11/h5H,3-4H2,1-2H3,(H,12,14). The Morgan fingerprint density at radius 1 is 1.53 bits per heavy atom. The number of thiophene rings is 1. The molecule has 0 aliphatic carbocycles. The van der Waals surface area contributed by atoms with E-state index >= 15 is 0 Å². The summed E-state index contributed by atoms with van der Waals surface area (Å²) in [6.07, 6.45) is 0.455. The number of Topliss-reactive ketones (excluding diaryl/α,β-unsaturated/α-hetero) is 1. The first-order chi connectivity index (χ1) is 7.10. The lowest BCUT2D eigenvalue weighted by atomic mass is 10.2. The van der Waals surface area contributed by atoms with Crippen molar-refractivity contribution >= 4 is 44.6 Å². The second-order valence-corrected chi connectivity index (χ2v) is 4.52. The van der Waals surface area contributed by atoms with Crippen LogP contribution in [0.15, 0.2) is 5.38 Å². The molecule has 15 heavy (non-hydrogen) atoms. The molecule has 0 saturated heterocycles. The summed E-state index contributed by atoms with van der Waals surface area (Å²) >= 11 is 4.45. The number of hydrogen-bond donors (Lipinski definition) is 1. The number of ketones is 1. The zero-order valence-electron chi connectivity index (χ0n) is 8.59. The summed E-state index contributed by atoms with van der Waals surface area (Å²) in [5.74, 6) is -0.0698. The Bertz CT molecular complexity index is 387. The molecule has 0 spiro atoms. The van der Waals surface area contributed by atoms with Crippen molar-refractivity contribution in [3.05, 3.63) is 15.8 Å². The van der Waals surface area contributed by atoms with Crippen molar-refractivity contribution in [2.75, 3.05) is 10.6 Å². The molecule has 1 amide bonds. The Labute approximate surface area is 101 Å². The van der Waals surface area contributed by atoms with Gasteiger partial charge < -0.3 is 5.32 Å². The smallest absolute Gasteiger partial charge is 0.235 e. The van der Waals surface area contributed by atoms with Crippen LogP contribution in [0, 0.1) is 6.92 Å². The fourth-order valence-electron chi connectivity index (χ4n) is 1.14. The Balaban J connectivity index is 2.99. The molecular weight excluding hydrogens is 278 g/mol. The number of halogens is 1. The van der Waals surface area contributed by atoms with Gasteiger partial charge in [0.05, 0.1) is 15.9 Å². The van der Waals surface area contributed by atoms with Crippen molar-refractivity contribution in [1.82, 2.24) is 0 Å². The van der Waals surface area contributed by atoms with Gasteiger partial charge in [0.25, 0.3) is 0 Å². The monoisotopic (exact) mass is 289 g/mol. The first-order valence-electron chi connectivity index (χ1n) is 4.57. The quantitative estimate of drug-likeness (QED) is 0.684. The second kappa shape index (κ2) is 5.42. The van der Waals surface area contributed by atoms with E-state index in [4.69, 9.17) is 0 Å². The number of aryl methyl sites for hydroxylation is 1. The Hall–Kier alpha value is -0.680. The van der Waals surface area contributed by atoms with E-state index in [-0.39, 0.29) is 17.0 Å². The van der Waals surface area contributed by atoms with Crippen molar-refractivity contribution in [3.8, 4) is 0 Å². The molecule has 0 aromatic carbocycles. The van der Waals surface area contributed by atoms with Crippen LogP contribution in [0.25, 0.3) is 0 Å². The lowest BCUT2D eigenvalue weighted by Crippen LogP contribution is -2.14. The number of alkyl halides is 1. The van der Waals surface area contributed by atoms with Gasteiger partial charge in [0.2, 0.25) is 5.91 Å². The highest BCUT2D eigenvalue weighted by Crippen LogP contribution is 2.28. The Morgan fingerprint density at radius 3 is 2.73 bits per heavy atom. The first kappa shape index (κ1) is 12.4. The summed E-state index contributed by atoms with van der Waals surface area (Å²) < 4.78 is 0. The highest BCUT2D eigenvalue weighted by Gasteiger charge is 2.15. The SMILES string of the molecule is CCC(=O)c1scc(C)c1NC(=O)CBr. The summed E-state index contributed by atoms with van der Waals surface area (Å²) in [6.45, 7) is 3.69. The van der Waals surface area contributed by atoms with Crippen molar-refractivity contribution in [1.29, 1.82) is 0 Å². The molecule has 0 radical (unpaired) electrons. The van der Waals surface area contributed by atoms with Gasteiger partial charge in [-0.15, -0.1) is 11.3 Å². The van der Waals surface area contributed by atoms with Gasteiger partial charge in [-0.1, -0.05) is 22.9 Å². The van der Waals surface area contributed by atoms with Crippen LogP contribution in [0.1, 0.15) is 28.6 Å². The number of carbonyl (C=O) groups is 2. The first-order valence-corrected chi connectivity index (χ1v) is 6.57. The molecule has 0 aliphatic rings. The van der Waals surface area contributed by atoms with E-state index in [1.807, 2.05) is 19.2 Å². The number of hydrogen-bond acceptors (Lipinski definition) is 3. The van der Waals surface area contributed by atoms with Crippen molar-refractivity contribution in [2.45, 2.75) is 20.3 Å². The summed E-state index contributed by atoms with van der Waals surface area (Å²) in [5, 5.41) is 4.85. The molecule has 0 fully saturated rings. The predicted molar refractivity (Wildman–Crippen MR) is 66.1 cm³/mol. The van der Waals surface area contributed by atoms with Gasteiger partial charge in [-0.2, -0.15) is 0 Å². The topological polar surface area (TPSA) is 46.2 Å². The maximum absolute atomic E-state index is 11.6. The maximum Gasteiger partial charge on any atom is 0.235 e. The Kier molecular flexibility index (Phi) is 4.47. The second-order valence-electron chi connectivity index (χ2n) is 3.08. The summed E-state index contributed by atoms with van der Waals surface area (Å²) in [4.78, 5) is 23.4. The zero-order chi connectivity index (χ0) is 11.4. The average Bonchev–Trinajstić information content (AvgIpc) is 2.59. The van der Waals surface area contributed by atoms with Gasteiger partial charge >= 0.3 is 0 Å². The molecule has 0 bridgehead atoms. The van der Waals surface area contributed by atoms with Crippen LogP contribution in [-0.2, 0) is 4.79 Å². The van der Waals surface area contributed by atoms with E-state index in [0.29, 0.717) is 17.0 Å². The normalized spacial score (nSPS) is 10.1. The minimum absolute atomic E-state index is 0.0676. The third-order valence-corrected chi connectivity index (χ3v) is 3.58. The van der Waals surface area contributed by atoms with Gasteiger partial charge in [-0.3, -0.25) is 9.59 Å². The number of nitrogens with one attached hydrogen (secondary N) is 1. The average molecular weight is 290 g/mol. The third kappa shape index (κ3) is 2.89. The fourth-order valence-corrected chi connectivity index (χ4v) is 2.30. The Morgan fingerprint density at radius 2 is 2.20 bits per heavy atom. The highest BCUT2D eigenvalue weighted by atomic mass is 79.9. The molecule has 1 heterocycles. The molecule has 82 valence electrons. The minimum atomic E-state index is -0.137. The molecule has 3 nitrogen and oxygen atoms in total. The molecule has 0 unspecified atom stereocenters. The van der Waals surface area contributed by atoms with Crippen LogP contribution in [-0.4, -0.2) is 17.0 Å². The van der Waals surface area contributed by atoms with Crippen LogP contribution >= 0.6 is 27.3 Å².